The molecule has 4 heteroatoms. The molecule has 0 N–H and O–H groups in total. The van der Waals surface area contributed by atoms with E-state index in [2.05, 4.69) is 8.98 Å². The molecule has 0 atom stereocenters. The molecule has 0 spiro atoms. The summed E-state index contributed by atoms with van der Waals surface area (Å²) in [5.41, 5.74) is 0. The first kappa shape index (κ1) is 9.48. The molecule has 1 fully saturated rings. The molecule has 1 saturated heterocycles. The van der Waals surface area contributed by atoms with Crippen LogP contribution < -0.4 is 21.2 Å². The van der Waals surface area contributed by atoms with Crippen LogP contribution in [0.2, 0.25) is 0 Å². The molecule has 0 radical (unpaired) electrons. The first-order valence-corrected chi connectivity index (χ1v) is 6.70. The summed E-state index contributed by atoms with van der Waals surface area (Å²) in [6, 6.07) is 0. The van der Waals surface area contributed by atoms with E-state index < -0.39 is 0 Å². The Hall–Kier alpha value is -0.0700. The molecular formula is C9H13INO2-. The molecule has 0 amide bonds. The van der Waals surface area contributed by atoms with E-state index in [0.717, 1.165) is 32.8 Å². The van der Waals surface area contributed by atoms with E-state index in [1.54, 1.807) is 6.26 Å². The van der Waals surface area contributed by atoms with Gasteiger partial charge in [0.1, 0.15) is 0 Å². The van der Waals surface area contributed by atoms with Crippen molar-refractivity contribution >= 4 is 0 Å². The average molecular weight is 294 g/mol. The van der Waals surface area contributed by atoms with Gasteiger partial charge in [0.05, 0.1) is 0 Å². The van der Waals surface area contributed by atoms with Gasteiger partial charge >= 0.3 is 88.6 Å². The zero-order valence-electron chi connectivity index (χ0n) is 7.41. The summed E-state index contributed by atoms with van der Waals surface area (Å²) in [6.07, 6.45) is 3.69. The van der Waals surface area contributed by atoms with Crippen LogP contribution in [0.1, 0.15) is 0 Å². The van der Waals surface area contributed by atoms with Crippen molar-refractivity contribution < 1.29 is 30.7 Å². The second kappa shape index (κ2) is 4.97. The summed E-state index contributed by atoms with van der Waals surface area (Å²) in [7, 11) is 0. The maximum absolute atomic E-state index is 5.29. The van der Waals surface area contributed by atoms with Crippen LogP contribution in [0.4, 0.5) is 0 Å². The second-order valence-electron chi connectivity index (χ2n) is 2.96. The topological polar surface area (TPSA) is 21.7 Å². The van der Waals surface area contributed by atoms with Crippen LogP contribution in [0.5, 0.6) is 0 Å². The van der Waals surface area contributed by atoms with Gasteiger partial charge in [-0.2, -0.15) is 0 Å². The number of rotatable bonds is 2. The normalized spacial score (nSPS) is 24.5. The predicted molar refractivity (Wildman–Crippen MR) is 45.6 cm³/mol. The SMILES string of the molecule is C1=C[I-]C(CN2CCOCC2)=CO1. The van der Waals surface area contributed by atoms with Crippen LogP contribution in [0.25, 0.3) is 0 Å². The van der Waals surface area contributed by atoms with Gasteiger partial charge in [-0.3, -0.25) is 0 Å². The van der Waals surface area contributed by atoms with Gasteiger partial charge in [0.25, 0.3) is 0 Å². The van der Waals surface area contributed by atoms with Gasteiger partial charge < -0.3 is 0 Å². The molecule has 0 bridgehead atoms. The van der Waals surface area contributed by atoms with Crippen molar-refractivity contribution in [3.05, 3.63) is 20.2 Å². The molecule has 2 aliphatic heterocycles. The van der Waals surface area contributed by atoms with E-state index in [4.69, 9.17) is 9.47 Å². The minimum atomic E-state index is 0.0949. The van der Waals surface area contributed by atoms with Crippen molar-refractivity contribution in [2.24, 2.45) is 0 Å². The molecule has 0 aromatic carbocycles. The summed E-state index contributed by atoms with van der Waals surface area (Å²) >= 11 is 0.0949. The Balaban J connectivity index is 1.79. The van der Waals surface area contributed by atoms with E-state index in [1.807, 2.05) is 6.26 Å². The van der Waals surface area contributed by atoms with Gasteiger partial charge in [0, 0.05) is 0 Å². The Bertz CT molecular complexity index is 222. The molecule has 0 aromatic heterocycles. The van der Waals surface area contributed by atoms with Gasteiger partial charge in [-0.1, -0.05) is 0 Å². The van der Waals surface area contributed by atoms with Gasteiger partial charge in [-0.25, -0.2) is 0 Å². The van der Waals surface area contributed by atoms with E-state index >= 15 is 0 Å². The molecule has 3 nitrogen and oxygen atoms in total. The zero-order chi connectivity index (χ0) is 8.93. The maximum atomic E-state index is 5.29. The van der Waals surface area contributed by atoms with Crippen molar-refractivity contribution in [2.75, 3.05) is 32.8 Å². The number of nitrogens with zero attached hydrogens (tertiary/aromatic N) is 1. The number of morpholine rings is 1. The molecule has 2 rings (SSSR count). The Kier molecular flexibility index (Phi) is 3.63. The van der Waals surface area contributed by atoms with Gasteiger partial charge in [0.2, 0.25) is 0 Å². The molecule has 74 valence electrons. The third-order valence-electron chi connectivity index (χ3n) is 2.01. The fraction of sp³-hybridized carbons (Fsp3) is 0.556. The molecule has 0 unspecified atom stereocenters. The Morgan fingerprint density at radius 1 is 1.38 bits per heavy atom. The Morgan fingerprint density at radius 3 is 2.92 bits per heavy atom. The quantitative estimate of drug-likeness (QED) is 0.537. The van der Waals surface area contributed by atoms with E-state index in [1.165, 1.54) is 3.58 Å². The van der Waals surface area contributed by atoms with Gasteiger partial charge in [-0.15, -0.1) is 0 Å². The molecule has 13 heavy (non-hydrogen) atoms. The number of hydrogen-bond acceptors (Lipinski definition) is 3. The summed E-state index contributed by atoms with van der Waals surface area (Å²) in [5.74, 6) is 0. The van der Waals surface area contributed by atoms with Crippen molar-refractivity contribution in [1.29, 1.82) is 0 Å². The van der Waals surface area contributed by atoms with Crippen LogP contribution in [0, 0.1) is 0 Å². The van der Waals surface area contributed by atoms with E-state index in [9.17, 15) is 0 Å². The summed E-state index contributed by atoms with van der Waals surface area (Å²) in [4.78, 5) is 2.43. The zero-order valence-corrected chi connectivity index (χ0v) is 9.57. The van der Waals surface area contributed by atoms with Gasteiger partial charge in [-0.05, 0) is 0 Å². The standard InChI is InChI=1S/C9H13INO2/c1-4-13-8-9(10-1)7-11-2-5-12-6-3-11/h1,4,8H,2-3,5-7H2/q-1. The number of halogens is 1. The average Bonchev–Trinajstić information content (AvgIpc) is 2.21. The molecule has 0 aliphatic carbocycles. The monoisotopic (exact) mass is 294 g/mol. The molecule has 0 saturated carbocycles. The van der Waals surface area contributed by atoms with Crippen LogP contribution in [-0.2, 0) is 9.47 Å². The fourth-order valence-corrected chi connectivity index (χ4v) is 3.07. The van der Waals surface area contributed by atoms with Crippen molar-refractivity contribution in [1.82, 2.24) is 4.90 Å². The van der Waals surface area contributed by atoms with Crippen LogP contribution in [0.3, 0.4) is 0 Å². The van der Waals surface area contributed by atoms with Crippen LogP contribution in [0.15, 0.2) is 20.2 Å². The first-order chi connectivity index (χ1) is 6.45. The van der Waals surface area contributed by atoms with Gasteiger partial charge in [0.15, 0.2) is 0 Å². The molecule has 2 heterocycles. The first-order valence-electron chi connectivity index (χ1n) is 4.38. The summed E-state index contributed by atoms with van der Waals surface area (Å²) < 4.78 is 14.1. The number of hydrogen-bond donors (Lipinski definition) is 0. The number of ether oxygens (including phenoxy) is 2. The summed E-state index contributed by atoms with van der Waals surface area (Å²) in [5, 5.41) is 0. The Morgan fingerprint density at radius 2 is 2.23 bits per heavy atom. The van der Waals surface area contributed by atoms with Crippen molar-refractivity contribution in [3.8, 4) is 0 Å². The summed E-state index contributed by atoms with van der Waals surface area (Å²) in [6.45, 7) is 4.95. The van der Waals surface area contributed by atoms with Crippen molar-refractivity contribution in [2.45, 2.75) is 0 Å². The fourth-order valence-electron chi connectivity index (χ4n) is 1.32. The Labute approximate surface area is 88.6 Å². The minimum absolute atomic E-state index is 0.0949. The molecule has 2 aliphatic rings. The molecule has 0 aromatic rings. The second-order valence-corrected chi connectivity index (χ2v) is 5.69. The third kappa shape index (κ3) is 2.96. The van der Waals surface area contributed by atoms with Crippen LogP contribution >= 0.6 is 0 Å². The van der Waals surface area contributed by atoms with Crippen molar-refractivity contribution in [3.63, 3.8) is 0 Å². The predicted octanol–water partition coefficient (Wildman–Crippen LogP) is -2.25. The molecular weight excluding hydrogens is 281 g/mol. The van der Waals surface area contributed by atoms with E-state index in [0.29, 0.717) is 0 Å². The van der Waals surface area contributed by atoms with E-state index in [-0.39, 0.29) is 21.2 Å². The third-order valence-corrected chi connectivity index (χ3v) is 4.06. The van der Waals surface area contributed by atoms with Crippen LogP contribution in [-0.4, -0.2) is 37.7 Å².